The van der Waals surface area contributed by atoms with Crippen molar-refractivity contribution in [2.45, 2.75) is 32.8 Å². The number of hydrogen-bond acceptors (Lipinski definition) is 3. The fourth-order valence-electron chi connectivity index (χ4n) is 4.27. The Morgan fingerprint density at radius 1 is 1.03 bits per heavy atom. The van der Waals surface area contributed by atoms with Crippen LogP contribution in [0.1, 0.15) is 38.4 Å². The highest BCUT2D eigenvalue weighted by Crippen LogP contribution is 2.33. The lowest BCUT2D eigenvalue weighted by molar-refractivity contribution is -0.136. The molecule has 2 aromatic carbocycles. The van der Waals surface area contributed by atoms with Crippen LogP contribution in [0.4, 0.5) is 0 Å². The summed E-state index contributed by atoms with van der Waals surface area (Å²) in [7, 11) is 0. The van der Waals surface area contributed by atoms with Gasteiger partial charge in [0.15, 0.2) is 0 Å². The number of fused-ring (bicyclic) bond motifs is 1. The molecule has 0 radical (unpaired) electrons. The number of piperidine rings is 1. The van der Waals surface area contributed by atoms with E-state index in [1.54, 1.807) is 0 Å². The summed E-state index contributed by atoms with van der Waals surface area (Å²) in [5.41, 5.74) is 4.13. The Balaban J connectivity index is 1.48. The number of hydrogen-bond donors (Lipinski definition) is 1. The van der Waals surface area contributed by atoms with Crippen molar-refractivity contribution < 1.29 is 9.90 Å². The highest BCUT2D eigenvalue weighted by Gasteiger charge is 2.29. The van der Waals surface area contributed by atoms with E-state index in [0.29, 0.717) is 0 Å². The van der Waals surface area contributed by atoms with E-state index in [2.05, 4.69) is 35.3 Å². The van der Waals surface area contributed by atoms with Crippen molar-refractivity contribution in [1.82, 2.24) is 9.88 Å². The Kier molecular flexibility index (Phi) is 5.63. The van der Waals surface area contributed by atoms with Crippen molar-refractivity contribution in [2.24, 2.45) is 11.8 Å². The topological polar surface area (TPSA) is 53.4 Å². The monoisotopic (exact) mass is 388 g/mol. The van der Waals surface area contributed by atoms with E-state index in [1.165, 1.54) is 0 Å². The van der Waals surface area contributed by atoms with Gasteiger partial charge in [-0.15, -0.1) is 0 Å². The van der Waals surface area contributed by atoms with Gasteiger partial charge in [0.05, 0.1) is 11.6 Å². The summed E-state index contributed by atoms with van der Waals surface area (Å²) in [6.07, 6.45) is 3.01. The molecule has 0 aliphatic carbocycles. The number of aromatic nitrogens is 1. The largest absolute Gasteiger partial charge is 0.388 e. The van der Waals surface area contributed by atoms with Gasteiger partial charge < -0.3 is 10.0 Å². The first kappa shape index (κ1) is 19.6. The van der Waals surface area contributed by atoms with Crippen LogP contribution in [0.15, 0.2) is 60.8 Å². The number of rotatable bonds is 4. The van der Waals surface area contributed by atoms with Crippen molar-refractivity contribution in [3.05, 3.63) is 66.4 Å². The number of aliphatic hydroxyl groups is 1. The van der Waals surface area contributed by atoms with Crippen LogP contribution in [0.5, 0.6) is 0 Å². The van der Waals surface area contributed by atoms with E-state index in [1.807, 2.05) is 49.2 Å². The number of carbonyl (C=O) groups is 1. The SMILES string of the molecule is CC(C)C(=O)N1CCC(C(O)c2ccc(-c3cccc4cccnc34)cc2)CC1. The Morgan fingerprint density at radius 2 is 1.72 bits per heavy atom. The van der Waals surface area contributed by atoms with Gasteiger partial charge in [0.2, 0.25) is 5.91 Å². The maximum Gasteiger partial charge on any atom is 0.225 e. The van der Waals surface area contributed by atoms with Gasteiger partial charge in [-0.2, -0.15) is 0 Å². The quantitative estimate of drug-likeness (QED) is 0.696. The molecule has 4 heteroatoms. The maximum absolute atomic E-state index is 12.2. The molecule has 150 valence electrons. The number of pyridine rings is 1. The molecule has 1 aromatic heterocycles. The minimum Gasteiger partial charge on any atom is -0.388 e. The van der Waals surface area contributed by atoms with E-state index in [9.17, 15) is 9.90 Å². The van der Waals surface area contributed by atoms with Crippen LogP contribution in [-0.4, -0.2) is 34.0 Å². The Hall–Kier alpha value is -2.72. The number of likely N-dealkylation sites (tertiary alicyclic amines) is 1. The molecule has 2 heterocycles. The van der Waals surface area contributed by atoms with Gasteiger partial charge in [0.25, 0.3) is 0 Å². The average molecular weight is 389 g/mol. The summed E-state index contributed by atoms with van der Waals surface area (Å²) in [4.78, 5) is 18.6. The second kappa shape index (κ2) is 8.34. The zero-order valence-electron chi connectivity index (χ0n) is 17.1. The first-order valence-corrected chi connectivity index (χ1v) is 10.5. The second-order valence-electron chi connectivity index (χ2n) is 8.26. The Morgan fingerprint density at radius 3 is 2.41 bits per heavy atom. The van der Waals surface area contributed by atoms with Crippen LogP contribution in [0.3, 0.4) is 0 Å². The average Bonchev–Trinajstić information content (AvgIpc) is 2.78. The van der Waals surface area contributed by atoms with E-state index in [4.69, 9.17) is 0 Å². The zero-order chi connectivity index (χ0) is 20.4. The number of amides is 1. The molecular weight excluding hydrogens is 360 g/mol. The van der Waals surface area contributed by atoms with Gasteiger partial charge in [0, 0.05) is 36.2 Å². The number of aliphatic hydroxyl groups excluding tert-OH is 1. The van der Waals surface area contributed by atoms with Crippen molar-refractivity contribution in [2.75, 3.05) is 13.1 Å². The molecule has 1 aliphatic rings. The summed E-state index contributed by atoms with van der Waals surface area (Å²) in [6.45, 7) is 5.35. The predicted molar refractivity (Wildman–Crippen MR) is 116 cm³/mol. The van der Waals surface area contributed by atoms with Gasteiger partial charge in [-0.1, -0.05) is 62.4 Å². The molecule has 1 atom stereocenters. The molecule has 1 saturated heterocycles. The first-order valence-electron chi connectivity index (χ1n) is 10.5. The van der Waals surface area contributed by atoms with Crippen LogP contribution in [0.25, 0.3) is 22.0 Å². The molecule has 1 N–H and O–H groups in total. The molecule has 3 aromatic rings. The highest BCUT2D eigenvalue weighted by atomic mass is 16.3. The molecule has 1 aliphatic heterocycles. The van der Waals surface area contributed by atoms with Gasteiger partial charge in [0.1, 0.15) is 0 Å². The first-order chi connectivity index (χ1) is 14.0. The molecule has 1 unspecified atom stereocenters. The maximum atomic E-state index is 12.2. The lowest BCUT2D eigenvalue weighted by Crippen LogP contribution is -2.41. The number of para-hydroxylation sites is 1. The third-order valence-corrected chi connectivity index (χ3v) is 5.99. The van der Waals surface area contributed by atoms with Gasteiger partial charge in [-0.25, -0.2) is 0 Å². The van der Waals surface area contributed by atoms with Crippen LogP contribution in [0, 0.1) is 11.8 Å². The van der Waals surface area contributed by atoms with Crippen molar-refractivity contribution in [3.8, 4) is 11.1 Å². The third-order valence-electron chi connectivity index (χ3n) is 5.99. The van der Waals surface area contributed by atoms with Crippen molar-refractivity contribution >= 4 is 16.8 Å². The molecular formula is C25H28N2O2. The number of nitrogens with zero attached hydrogens (tertiary/aromatic N) is 2. The lowest BCUT2D eigenvalue weighted by Gasteiger charge is -2.35. The second-order valence-corrected chi connectivity index (χ2v) is 8.26. The molecule has 1 amide bonds. The van der Waals surface area contributed by atoms with Crippen LogP contribution in [-0.2, 0) is 4.79 Å². The predicted octanol–water partition coefficient (Wildman–Crippen LogP) is 4.83. The zero-order valence-corrected chi connectivity index (χ0v) is 17.1. The highest BCUT2D eigenvalue weighted by molar-refractivity contribution is 5.93. The van der Waals surface area contributed by atoms with E-state index >= 15 is 0 Å². The van der Waals surface area contributed by atoms with Crippen LogP contribution in [0.2, 0.25) is 0 Å². The van der Waals surface area contributed by atoms with Crippen LogP contribution < -0.4 is 0 Å². The third kappa shape index (κ3) is 4.03. The Labute approximate surface area is 172 Å². The summed E-state index contributed by atoms with van der Waals surface area (Å²) >= 11 is 0. The molecule has 4 rings (SSSR count). The normalized spacial score (nSPS) is 16.3. The molecule has 29 heavy (non-hydrogen) atoms. The van der Waals surface area contributed by atoms with Gasteiger partial charge in [-0.3, -0.25) is 9.78 Å². The molecule has 4 nitrogen and oxygen atoms in total. The van der Waals surface area contributed by atoms with Gasteiger partial charge in [-0.05, 0) is 36.0 Å². The van der Waals surface area contributed by atoms with E-state index < -0.39 is 6.10 Å². The molecule has 0 bridgehead atoms. The van der Waals surface area contributed by atoms with E-state index in [0.717, 1.165) is 53.5 Å². The van der Waals surface area contributed by atoms with Crippen molar-refractivity contribution in [1.29, 1.82) is 0 Å². The minimum absolute atomic E-state index is 0.0348. The van der Waals surface area contributed by atoms with Crippen molar-refractivity contribution in [3.63, 3.8) is 0 Å². The molecule has 0 saturated carbocycles. The lowest BCUT2D eigenvalue weighted by atomic mass is 9.86. The summed E-state index contributed by atoms with van der Waals surface area (Å²) in [5, 5.41) is 12.0. The summed E-state index contributed by atoms with van der Waals surface area (Å²) in [5.74, 6) is 0.440. The molecule has 0 spiro atoms. The molecule has 1 fully saturated rings. The summed E-state index contributed by atoms with van der Waals surface area (Å²) < 4.78 is 0. The fourth-order valence-corrected chi connectivity index (χ4v) is 4.27. The standard InChI is InChI=1S/C25H28N2O2/c1-17(2)25(29)27-15-12-21(13-16-27)24(28)20-10-8-18(9-11-20)22-7-3-5-19-6-4-14-26-23(19)22/h3-11,14,17,21,24,28H,12-13,15-16H2,1-2H3. The minimum atomic E-state index is -0.494. The smallest absolute Gasteiger partial charge is 0.225 e. The fraction of sp³-hybridized carbons (Fsp3) is 0.360. The Bertz CT molecular complexity index is 984. The summed E-state index contributed by atoms with van der Waals surface area (Å²) in [6, 6.07) is 18.4. The van der Waals surface area contributed by atoms with Gasteiger partial charge >= 0.3 is 0 Å². The van der Waals surface area contributed by atoms with Crippen LogP contribution >= 0.6 is 0 Å². The number of carbonyl (C=O) groups excluding carboxylic acids is 1. The van der Waals surface area contributed by atoms with E-state index in [-0.39, 0.29) is 17.7 Å². The number of benzene rings is 2.